The first kappa shape index (κ1) is 17.8. The number of piperazine rings is 1. The molecule has 0 radical (unpaired) electrons. The third-order valence-electron chi connectivity index (χ3n) is 6.74. The molecule has 0 saturated carbocycles. The van der Waals surface area contributed by atoms with Crippen molar-refractivity contribution in [2.24, 2.45) is 5.92 Å². The monoisotopic (exact) mass is 356 g/mol. The Labute approximate surface area is 157 Å². The fraction of sp³-hybridized carbons (Fsp3) is 0.667. The van der Waals surface area contributed by atoms with Gasteiger partial charge in [-0.1, -0.05) is 39.0 Å². The number of anilines is 1. The van der Waals surface area contributed by atoms with Gasteiger partial charge in [-0.25, -0.2) is 0 Å². The highest BCUT2D eigenvalue weighted by molar-refractivity contribution is 5.81. The molecule has 1 aromatic carbocycles. The van der Waals surface area contributed by atoms with Gasteiger partial charge in [0.1, 0.15) is 0 Å². The largest absolute Gasteiger partial charge is 0.301 e. The number of amides is 1. The van der Waals surface area contributed by atoms with Crippen LogP contribution in [0.25, 0.3) is 0 Å². The Morgan fingerprint density at radius 3 is 2.50 bits per heavy atom. The van der Waals surface area contributed by atoms with Crippen LogP contribution in [0.2, 0.25) is 0 Å². The minimum absolute atomic E-state index is 0.0643. The lowest BCUT2D eigenvalue weighted by atomic mass is 9.83. The summed E-state index contributed by atoms with van der Waals surface area (Å²) in [6.45, 7) is 10.9. The Bertz CT molecular complexity index is 672. The van der Waals surface area contributed by atoms with Crippen molar-refractivity contribution < 1.29 is 4.79 Å². The normalized spacial score (nSPS) is 30.9. The zero-order valence-corrected chi connectivity index (χ0v) is 16.5. The fourth-order valence-electron chi connectivity index (χ4n) is 5.10. The highest BCUT2D eigenvalue weighted by Gasteiger charge is 2.42. The maximum absolute atomic E-state index is 13.1. The Morgan fingerprint density at radius 1 is 1.19 bits per heavy atom. The average molecular weight is 357 g/mol. The minimum Gasteiger partial charge on any atom is -0.301 e. The van der Waals surface area contributed by atoms with Crippen molar-refractivity contribution in [2.45, 2.75) is 51.1 Å². The zero-order chi connectivity index (χ0) is 18.5. The second-order valence-electron chi connectivity index (χ2n) is 8.96. The van der Waals surface area contributed by atoms with E-state index in [2.05, 4.69) is 72.3 Å². The Morgan fingerprint density at radius 2 is 1.85 bits per heavy atom. The molecular weight excluding hydrogens is 324 g/mol. The Hall–Kier alpha value is -1.59. The molecule has 2 fully saturated rings. The van der Waals surface area contributed by atoms with E-state index in [1.165, 1.54) is 5.56 Å². The minimum atomic E-state index is 0.0643. The molecule has 3 aliphatic rings. The molecule has 1 aromatic rings. The van der Waals surface area contributed by atoms with Crippen LogP contribution >= 0.6 is 0 Å². The second kappa shape index (κ2) is 6.54. The Kier molecular flexibility index (Phi) is 4.48. The molecule has 2 unspecified atom stereocenters. The van der Waals surface area contributed by atoms with Crippen LogP contribution in [0, 0.1) is 5.92 Å². The summed E-state index contributed by atoms with van der Waals surface area (Å²) in [5, 5.41) is 2.07. The van der Waals surface area contributed by atoms with Crippen molar-refractivity contribution >= 4 is 11.6 Å². The third kappa shape index (κ3) is 3.01. The van der Waals surface area contributed by atoms with Gasteiger partial charge in [-0.3, -0.25) is 20.1 Å². The standard InChI is InChI=1S/C21H32N4O/c1-5-24-12-16-10-15(11-17(13-24)23(16)4)20(26)22-25-14-21(2,3)18-8-6-7-9-19(18)25/h6-9,15-17H,5,10-14H2,1-4H3,(H,22,26). The van der Waals surface area contributed by atoms with Crippen LogP contribution in [0.5, 0.6) is 0 Å². The van der Waals surface area contributed by atoms with Crippen LogP contribution in [-0.2, 0) is 10.2 Å². The Balaban J connectivity index is 1.45. The van der Waals surface area contributed by atoms with E-state index < -0.39 is 0 Å². The molecule has 1 amide bonds. The third-order valence-corrected chi connectivity index (χ3v) is 6.74. The number of nitrogens with one attached hydrogen (secondary N) is 1. The van der Waals surface area contributed by atoms with Crippen LogP contribution in [-0.4, -0.2) is 61.0 Å². The van der Waals surface area contributed by atoms with Crippen LogP contribution in [0.4, 0.5) is 5.69 Å². The van der Waals surface area contributed by atoms with Gasteiger partial charge in [-0.15, -0.1) is 0 Å². The topological polar surface area (TPSA) is 38.8 Å². The summed E-state index contributed by atoms with van der Waals surface area (Å²) in [5.41, 5.74) is 5.78. The molecule has 2 saturated heterocycles. The lowest BCUT2D eigenvalue weighted by molar-refractivity contribution is -0.129. The summed E-state index contributed by atoms with van der Waals surface area (Å²) >= 11 is 0. The molecular formula is C21H32N4O. The molecule has 0 aromatic heterocycles. The summed E-state index contributed by atoms with van der Waals surface area (Å²) in [7, 11) is 2.23. The smallest absolute Gasteiger partial charge is 0.241 e. The number of carbonyl (C=O) groups is 1. The predicted molar refractivity (Wildman–Crippen MR) is 105 cm³/mol. The quantitative estimate of drug-likeness (QED) is 0.901. The van der Waals surface area contributed by atoms with Crippen molar-refractivity contribution in [1.82, 2.24) is 15.2 Å². The summed E-state index contributed by atoms with van der Waals surface area (Å²) < 4.78 is 0. The lowest BCUT2D eigenvalue weighted by Crippen LogP contribution is -2.62. The number of carbonyl (C=O) groups excluding carboxylic acids is 1. The van der Waals surface area contributed by atoms with Gasteiger partial charge in [0.25, 0.3) is 0 Å². The SMILES string of the molecule is CCN1CC2CC(C(=O)NN3CC(C)(C)c4ccccc43)CC(C1)N2C. The van der Waals surface area contributed by atoms with E-state index in [0.29, 0.717) is 12.1 Å². The van der Waals surface area contributed by atoms with Crippen molar-refractivity contribution in [3.63, 3.8) is 0 Å². The average Bonchev–Trinajstić information content (AvgIpc) is 2.85. The molecule has 5 nitrogen and oxygen atoms in total. The maximum atomic E-state index is 13.1. The fourth-order valence-corrected chi connectivity index (χ4v) is 5.10. The van der Waals surface area contributed by atoms with E-state index in [-0.39, 0.29) is 17.2 Å². The first-order chi connectivity index (χ1) is 12.4. The number of nitrogens with zero attached hydrogens (tertiary/aromatic N) is 3. The molecule has 4 rings (SSSR count). The molecule has 0 spiro atoms. The molecule has 0 aliphatic carbocycles. The van der Waals surface area contributed by atoms with E-state index in [4.69, 9.17) is 0 Å². The number of hydrogen-bond acceptors (Lipinski definition) is 4. The van der Waals surface area contributed by atoms with Crippen molar-refractivity contribution in [1.29, 1.82) is 0 Å². The molecule has 5 heteroatoms. The van der Waals surface area contributed by atoms with Crippen molar-refractivity contribution in [2.75, 3.05) is 38.2 Å². The van der Waals surface area contributed by atoms with Gasteiger partial charge in [0.15, 0.2) is 0 Å². The van der Waals surface area contributed by atoms with Crippen LogP contribution in [0.1, 0.15) is 39.2 Å². The summed E-state index contributed by atoms with van der Waals surface area (Å²) in [5.74, 6) is 0.321. The predicted octanol–water partition coefficient (Wildman–Crippen LogP) is 2.23. The number of fused-ring (bicyclic) bond motifs is 3. The summed E-state index contributed by atoms with van der Waals surface area (Å²) in [6, 6.07) is 9.44. The van der Waals surface area contributed by atoms with E-state index in [1.54, 1.807) is 0 Å². The van der Waals surface area contributed by atoms with Gasteiger partial charge in [0.05, 0.1) is 5.69 Å². The second-order valence-corrected chi connectivity index (χ2v) is 8.96. The zero-order valence-electron chi connectivity index (χ0n) is 16.5. The molecule has 2 atom stereocenters. The first-order valence-corrected chi connectivity index (χ1v) is 10.0. The van der Waals surface area contributed by atoms with Crippen LogP contribution in [0.3, 0.4) is 0 Å². The number of hydrazine groups is 1. The van der Waals surface area contributed by atoms with Crippen LogP contribution < -0.4 is 10.4 Å². The van der Waals surface area contributed by atoms with Gasteiger partial charge < -0.3 is 4.90 Å². The maximum Gasteiger partial charge on any atom is 0.241 e. The van der Waals surface area contributed by atoms with Gasteiger partial charge in [-0.2, -0.15) is 0 Å². The summed E-state index contributed by atoms with van der Waals surface area (Å²) in [6.07, 6.45) is 1.93. The number of piperidine rings is 1. The number of hydrogen-bond donors (Lipinski definition) is 1. The van der Waals surface area contributed by atoms with E-state index in [0.717, 1.165) is 44.7 Å². The number of likely N-dealkylation sites (N-methyl/N-ethyl adjacent to an activating group) is 2. The molecule has 3 aliphatic heterocycles. The van der Waals surface area contributed by atoms with Gasteiger partial charge >= 0.3 is 0 Å². The number of para-hydroxylation sites is 1. The van der Waals surface area contributed by atoms with E-state index >= 15 is 0 Å². The number of likely N-dealkylation sites (tertiary alicyclic amines) is 1. The van der Waals surface area contributed by atoms with Crippen molar-refractivity contribution in [3.8, 4) is 0 Å². The number of rotatable bonds is 3. The van der Waals surface area contributed by atoms with Gasteiger partial charge in [0.2, 0.25) is 5.91 Å². The lowest BCUT2D eigenvalue weighted by Gasteiger charge is -2.50. The number of benzene rings is 1. The summed E-state index contributed by atoms with van der Waals surface area (Å²) in [4.78, 5) is 18.1. The molecule has 142 valence electrons. The highest BCUT2D eigenvalue weighted by Crippen LogP contribution is 2.39. The van der Waals surface area contributed by atoms with E-state index in [1.807, 2.05) is 0 Å². The van der Waals surface area contributed by atoms with Gasteiger partial charge in [0, 0.05) is 43.1 Å². The molecule has 3 heterocycles. The molecule has 2 bridgehead atoms. The van der Waals surface area contributed by atoms with Crippen LogP contribution in [0.15, 0.2) is 24.3 Å². The van der Waals surface area contributed by atoms with Gasteiger partial charge in [-0.05, 0) is 38.1 Å². The van der Waals surface area contributed by atoms with E-state index in [9.17, 15) is 4.79 Å². The highest BCUT2D eigenvalue weighted by atomic mass is 16.2. The molecule has 1 N–H and O–H groups in total. The molecule has 26 heavy (non-hydrogen) atoms. The first-order valence-electron chi connectivity index (χ1n) is 10.0. The van der Waals surface area contributed by atoms with Crippen molar-refractivity contribution in [3.05, 3.63) is 29.8 Å².